The highest BCUT2D eigenvalue weighted by Crippen LogP contribution is 2.34. The predicted octanol–water partition coefficient (Wildman–Crippen LogP) is 5.17. The normalized spacial score (nSPS) is 15.5. The predicted molar refractivity (Wildman–Crippen MR) is 102 cm³/mol. The molecule has 1 aromatic carbocycles. The Hall–Kier alpha value is -2.78. The van der Waals surface area contributed by atoms with Gasteiger partial charge in [-0.15, -0.1) is 0 Å². The first kappa shape index (κ1) is 16.7. The van der Waals surface area contributed by atoms with Crippen LogP contribution in [0.25, 0.3) is 10.9 Å². The molecule has 1 fully saturated rings. The molecule has 2 N–H and O–H groups in total. The number of rotatable bonds is 4. The summed E-state index contributed by atoms with van der Waals surface area (Å²) in [7, 11) is 0. The molecule has 0 unspecified atom stereocenters. The van der Waals surface area contributed by atoms with E-state index in [-0.39, 0.29) is 5.69 Å². The van der Waals surface area contributed by atoms with Gasteiger partial charge in [-0.2, -0.15) is 10.4 Å². The van der Waals surface area contributed by atoms with Gasteiger partial charge in [0.05, 0.1) is 6.21 Å². The van der Waals surface area contributed by atoms with Crippen molar-refractivity contribution >= 4 is 34.6 Å². The number of nitrogens with zero attached hydrogens (tertiary/aromatic N) is 3. The van der Waals surface area contributed by atoms with Gasteiger partial charge < -0.3 is 9.40 Å². The highest BCUT2D eigenvalue weighted by atomic mass is 35.5. The molecule has 132 valence electrons. The Balaban J connectivity index is 1.52. The summed E-state index contributed by atoms with van der Waals surface area (Å²) in [6.07, 6.45) is 9.27. The average Bonchev–Trinajstić information content (AvgIpc) is 3.26. The molecule has 0 aliphatic heterocycles. The Morgan fingerprint density at radius 1 is 1.35 bits per heavy atom. The number of oxazole rings is 1. The van der Waals surface area contributed by atoms with Crippen molar-refractivity contribution in [1.29, 1.82) is 5.26 Å². The van der Waals surface area contributed by atoms with E-state index in [4.69, 9.17) is 16.0 Å². The molecule has 6 nitrogen and oxygen atoms in total. The molecule has 1 saturated carbocycles. The maximum atomic E-state index is 9.30. The summed E-state index contributed by atoms with van der Waals surface area (Å²) in [6, 6.07) is 7.71. The number of nitrogens with one attached hydrogen (secondary N) is 2. The Morgan fingerprint density at radius 2 is 2.19 bits per heavy atom. The molecule has 3 aromatic rings. The smallest absolute Gasteiger partial charge is 0.252 e. The number of aromatic nitrogens is 2. The van der Waals surface area contributed by atoms with Crippen molar-refractivity contribution in [2.45, 2.75) is 38.0 Å². The number of hydrazone groups is 1. The van der Waals surface area contributed by atoms with Crippen LogP contribution in [-0.2, 0) is 0 Å². The van der Waals surface area contributed by atoms with Crippen LogP contribution < -0.4 is 5.43 Å². The zero-order chi connectivity index (χ0) is 17.9. The lowest BCUT2D eigenvalue weighted by Crippen LogP contribution is -2.04. The topological polar surface area (TPSA) is 90.0 Å². The quantitative estimate of drug-likeness (QED) is 0.491. The standard InChI is InChI=1S/C19H18ClN5O/c20-14-6-7-15-13(10-22-16(15)8-14)11-23-25-19-17(9-21)24-18(26-19)12-4-2-1-3-5-12/h6-8,10-12,22,25H,1-5H2/b23-11+. The van der Waals surface area contributed by atoms with Crippen LogP contribution in [0.15, 0.2) is 33.9 Å². The van der Waals surface area contributed by atoms with E-state index in [9.17, 15) is 5.26 Å². The number of H-pyrrole nitrogens is 1. The number of nitriles is 1. The molecule has 0 saturated heterocycles. The lowest BCUT2D eigenvalue weighted by atomic mass is 9.89. The van der Waals surface area contributed by atoms with E-state index < -0.39 is 0 Å². The molecule has 1 aliphatic rings. The minimum Gasteiger partial charge on any atom is -0.422 e. The Bertz CT molecular complexity index is 991. The van der Waals surface area contributed by atoms with Crippen molar-refractivity contribution < 1.29 is 4.42 Å². The fraction of sp³-hybridized carbons (Fsp3) is 0.316. The van der Waals surface area contributed by atoms with Crippen molar-refractivity contribution in [2.24, 2.45) is 5.10 Å². The van der Waals surface area contributed by atoms with E-state index in [0.717, 1.165) is 29.3 Å². The van der Waals surface area contributed by atoms with Crippen LogP contribution in [0.1, 0.15) is 55.2 Å². The van der Waals surface area contributed by atoms with Crippen LogP contribution in [0.5, 0.6) is 0 Å². The van der Waals surface area contributed by atoms with E-state index in [1.54, 1.807) is 6.21 Å². The maximum Gasteiger partial charge on any atom is 0.252 e. The van der Waals surface area contributed by atoms with Gasteiger partial charge in [0.25, 0.3) is 5.88 Å². The monoisotopic (exact) mass is 367 g/mol. The van der Waals surface area contributed by atoms with E-state index in [0.29, 0.717) is 22.7 Å². The Morgan fingerprint density at radius 3 is 3.00 bits per heavy atom. The summed E-state index contributed by atoms with van der Waals surface area (Å²) in [5.41, 5.74) is 4.91. The molecule has 0 spiro atoms. The number of hydrogen-bond acceptors (Lipinski definition) is 5. The lowest BCUT2D eigenvalue weighted by Gasteiger charge is -2.17. The van der Waals surface area contributed by atoms with Crippen molar-refractivity contribution in [1.82, 2.24) is 9.97 Å². The summed E-state index contributed by atoms with van der Waals surface area (Å²) in [5, 5.41) is 15.2. The third kappa shape index (κ3) is 3.31. The van der Waals surface area contributed by atoms with Crippen molar-refractivity contribution in [3.8, 4) is 6.07 Å². The van der Waals surface area contributed by atoms with Gasteiger partial charge in [0, 0.05) is 33.6 Å². The van der Waals surface area contributed by atoms with Crippen LogP contribution in [0, 0.1) is 11.3 Å². The van der Waals surface area contributed by atoms with Gasteiger partial charge >= 0.3 is 0 Å². The number of aromatic amines is 1. The van der Waals surface area contributed by atoms with E-state index in [1.807, 2.05) is 24.4 Å². The van der Waals surface area contributed by atoms with Crippen molar-refractivity contribution in [3.05, 3.63) is 46.6 Å². The van der Waals surface area contributed by atoms with Gasteiger partial charge in [-0.1, -0.05) is 36.9 Å². The number of anilines is 1. The van der Waals surface area contributed by atoms with Gasteiger partial charge in [-0.05, 0) is 25.0 Å². The van der Waals surface area contributed by atoms with Crippen molar-refractivity contribution in [3.63, 3.8) is 0 Å². The van der Waals surface area contributed by atoms with E-state index in [1.165, 1.54) is 19.3 Å². The molecule has 0 radical (unpaired) electrons. The summed E-state index contributed by atoms with van der Waals surface area (Å²) >= 11 is 6.00. The van der Waals surface area contributed by atoms with Crippen LogP contribution >= 0.6 is 11.6 Å². The number of hydrogen-bond donors (Lipinski definition) is 2. The first-order valence-electron chi connectivity index (χ1n) is 8.71. The number of fused-ring (bicyclic) bond motifs is 1. The Labute approximate surface area is 155 Å². The summed E-state index contributed by atoms with van der Waals surface area (Å²) in [5.74, 6) is 1.24. The van der Waals surface area contributed by atoms with Gasteiger partial charge in [0.2, 0.25) is 11.6 Å². The lowest BCUT2D eigenvalue weighted by molar-refractivity contribution is 0.367. The highest BCUT2D eigenvalue weighted by molar-refractivity contribution is 6.31. The van der Waals surface area contributed by atoms with Crippen LogP contribution in [-0.4, -0.2) is 16.2 Å². The first-order valence-corrected chi connectivity index (χ1v) is 9.09. The average molecular weight is 368 g/mol. The van der Waals surface area contributed by atoms with Gasteiger partial charge in [-0.25, -0.2) is 10.4 Å². The highest BCUT2D eigenvalue weighted by Gasteiger charge is 2.23. The minimum absolute atomic E-state index is 0.244. The minimum atomic E-state index is 0.244. The summed E-state index contributed by atoms with van der Waals surface area (Å²) in [6.45, 7) is 0. The molecule has 0 bridgehead atoms. The number of benzene rings is 1. The molecule has 0 amide bonds. The molecule has 1 aliphatic carbocycles. The van der Waals surface area contributed by atoms with Crippen LogP contribution in [0.3, 0.4) is 0 Å². The van der Waals surface area contributed by atoms with Crippen LogP contribution in [0.4, 0.5) is 5.88 Å². The summed E-state index contributed by atoms with van der Waals surface area (Å²) in [4.78, 5) is 7.50. The summed E-state index contributed by atoms with van der Waals surface area (Å²) < 4.78 is 5.78. The first-order chi connectivity index (χ1) is 12.7. The van der Waals surface area contributed by atoms with Gasteiger partial charge in [-0.3, -0.25) is 0 Å². The molecular formula is C19H18ClN5O. The van der Waals surface area contributed by atoms with E-state index >= 15 is 0 Å². The zero-order valence-corrected chi connectivity index (χ0v) is 14.9. The van der Waals surface area contributed by atoms with Crippen LogP contribution in [0.2, 0.25) is 5.02 Å². The third-order valence-electron chi connectivity index (χ3n) is 4.75. The molecule has 0 atom stereocenters. The van der Waals surface area contributed by atoms with E-state index in [2.05, 4.69) is 26.6 Å². The second-order valence-electron chi connectivity index (χ2n) is 6.48. The largest absolute Gasteiger partial charge is 0.422 e. The fourth-order valence-corrected chi connectivity index (χ4v) is 3.57. The molecule has 4 rings (SSSR count). The third-order valence-corrected chi connectivity index (χ3v) is 4.98. The molecule has 2 heterocycles. The molecule has 7 heteroatoms. The number of halogens is 1. The second-order valence-corrected chi connectivity index (χ2v) is 6.92. The molecular weight excluding hydrogens is 350 g/mol. The zero-order valence-electron chi connectivity index (χ0n) is 14.1. The maximum absolute atomic E-state index is 9.30. The molecule has 26 heavy (non-hydrogen) atoms. The molecule has 2 aromatic heterocycles. The van der Waals surface area contributed by atoms with Gasteiger partial charge in [0.15, 0.2) is 0 Å². The Kier molecular flexibility index (Phi) is 4.63. The SMILES string of the molecule is N#Cc1nc(C2CCCCC2)oc1N/N=C/c1c[nH]c2cc(Cl)ccc12. The fourth-order valence-electron chi connectivity index (χ4n) is 3.40. The van der Waals surface area contributed by atoms with Crippen molar-refractivity contribution in [2.75, 3.05) is 5.43 Å². The second kappa shape index (κ2) is 7.22. The van der Waals surface area contributed by atoms with Gasteiger partial charge in [0.1, 0.15) is 6.07 Å².